The van der Waals surface area contributed by atoms with Crippen molar-refractivity contribution in [3.8, 4) is 0 Å². The van der Waals surface area contributed by atoms with Gasteiger partial charge in [-0.15, -0.1) is 0 Å². The number of thioether (sulfide) groups is 1. The summed E-state index contributed by atoms with van der Waals surface area (Å²) >= 11 is 7.53. The van der Waals surface area contributed by atoms with Crippen LogP contribution in [-0.4, -0.2) is 20.7 Å². The number of pyridine rings is 1. The molecule has 0 aliphatic carbocycles. The number of hydrogen-bond donors (Lipinski definition) is 1. The Balaban J connectivity index is 2.22. The van der Waals surface area contributed by atoms with Gasteiger partial charge >= 0.3 is 0 Å². The summed E-state index contributed by atoms with van der Waals surface area (Å²) in [6, 6.07) is 5.01. The Morgan fingerprint density at radius 3 is 2.89 bits per heavy atom. The molecule has 0 saturated heterocycles. The third kappa shape index (κ3) is 3.96. The molecule has 0 aliphatic heterocycles. The Labute approximate surface area is 121 Å². The monoisotopic (exact) mass is 297 g/mol. The summed E-state index contributed by atoms with van der Waals surface area (Å²) in [7, 11) is 0. The van der Waals surface area contributed by atoms with E-state index in [4.69, 9.17) is 17.3 Å². The zero-order chi connectivity index (χ0) is 14.0. The zero-order valence-corrected chi connectivity index (χ0v) is 12.5. The quantitative estimate of drug-likeness (QED) is 0.941. The first-order chi connectivity index (χ1) is 8.85. The van der Waals surface area contributed by atoms with Crippen LogP contribution in [-0.2, 0) is 5.75 Å². The lowest BCUT2D eigenvalue weighted by molar-refractivity contribution is 0.591. The molecule has 0 radical (unpaired) electrons. The Bertz CT molecular complexity index is 648. The summed E-state index contributed by atoms with van der Waals surface area (Å²) in [5, 5.41) is 0.517. The SMILES string of the molecule is CC(C)(N)CSCc1cc(=O)n2cc(Cl)ccc2n1. The van der Waals surface area contributed by atoms with Crippen molar-refractivity contribution in [1.82, 2.24) is 9.38 Å². The number of nitrogens with two attached hydrogens (primary N) is 1. The predicted molar refractivity (Wildman–Crippen MR) is 80.9 cm³/mol. The summed E-state index contributed by atoms with van der Waals surface area (Å²) in [5.74, 6) is 1.49. The van der Waals surface area contributed by atoms with Crippen molar-refractivity contribution in [2.75, 3.05) is 5.75 Å². The van der Waals surface area contributed by atoms with Crippen LogP contribution in [0, 0.1) is 0 Å². The van der Waals surface area contributed by atoms with Crippen molar-refractivity contribution in [3.63, 3.8) is 0 Å². The van der Waals surface area contributed by atoms with Gasteiger partial charge in [0, 0.05) is 29.3 Å². The second-order valence-corrected chi connectivity index (χ2v) is 6.56. The molecule has 2 N–H and O–H groups in total. The number of halogens is 1. The van der Waals surface area contributed by atoms with Crippen molar-refractivity contribution in [2.24, 2.45) is 5.73 Å². The first-order valence-electron chi connectivity index (χ1n) is 5.90. The lowest BCUT2D eigenvalue weighted by Gasteiger charge is -2.17. The van der Waals surface area contributed by atoms with E-state index in [1.807, 2.05) is 13.8 Å². The van der Waals surface area contributed by atoms with Crippen molar-refractivity contribution in [2.45, 2.75) is 25.1 Å². The molecule has 0 amide bonds. The third-order valence-electron chi connectivity index (χ3n) is 2.40. The van der Waals surface area contributed by atoms with Crippen LogP contribution in [0.5, 0.6) is 0 Å². The molecule has 0 atom stereocenters. The van der Waals surface area contributed by atoms with Gasteiger partial charge in [-0.1, -0.05) is 11.6 Å². The average molecular weight is 298 g/mol. The summed E-state index contributed by atoms with van der Waals surface area (Å²) in [6.07, 6.45) is 1.58. The fourth-order valence-electron chi connectivity index (χ4n) is 1.62. The van der Waals surface area contributed by atoms with E-state index in [-0.39, 0.29) is 11.1 Å². The summed E-state index contributed by atoms with van der Waals surface area (Å²) in [6.45, 7) is 3.95. The first kappa shape index (κ1) is 14.4. The smallest absolute Gasteiger partial charge is 0.258 e. The molecular formula is C13H16ClN3OS. The lowest BCUT2D eigenvalue weighted by atomic mass is 10.1. The number of aromatic nitrogens is 2. The average Bonchev–Trinajstić information content (AvgIpc) is 2.28. The molecule has 4 nitrogen and oxygen atoms in total. The Hall–Kier alpha value is -1.04. The minimum Gasteiger partial charge on any atom is -0.325 e. The highest BCUT2D eigenvalue weighted by Crippen LogP contribution is 2.15. The first-order valence-corrected chi connectivity index (χ1v) is 7.43. The fourth-order valence-corrected chi connectivity index (χ4v) is 2.76. The number of rotatable bonds is 4. The molecule has 0 saturated carbocycles. The van der Waals surface area contributed by atoms with Crippen LogP contribution in [0.25, 0.3) is 5.65 Å². The summed E-state index contributed by atoms with van der Waals surface area (Å²) in [4.78, 5) is 16.4. The van der Waals surface area contributed by atoms with Gasteiger partial charge in [-0.25, -0.2) is 4.98 Å². The van der Waals surface area contributed by atoms with Crippen LogP contribution in [0.3, 0.4) is 0 Å². The second kappa shape index (κ2) is 5.53. The molecule has 0 bridgehead atoms. The van der Waals surface area contributed by atoms with Crippen LogP contribution < -0.4 is 11.3 Å². The van der Waals surface area contributed by atoms with Crippen molar-refractivity contribution in [3.05, 3.63) is 45.5 Å². The minimum atomic E-state index is -0.218. The van der Waals surface area contributed by atoms with Gasteiger partial charge in [0.25, 0.3) is 5.56 Å². The van der Waals surface area contributed by atoms with E-state index >= 15 is 0 Å². The van der Waals surface area contributed by atoms with E-state index in [1.165, 1.54) is 4.40 Å². The topological polar surface area (TPSA) is 60.4 Å². The maximum Gasteiger partial charge on any atom is 0.258 e. The Morgan fingerprint density at radius 2 is 2.21 bits per heavy atom. The van der Waals surface area contributed by atoms with Gasteiger partial charge in [0.05, 0.1) is 10.7 Å². The van der Waals surface area contributed by atoms with Gasteiger partial charge < -0.3 is 5.73 Å². The molecule has 0 unspecified atom stereocenters. The predicted octanol–water partition coefficient (Wildman–Crippen LogP) is 2.32. The van der Waals surface area contributed by atoms with Crippen LogP contribution in [0.2, 0.25) is 5.02 Å². The number of nitrogens with zero attached hydrogens (tertiary/aromatic N) is 2. The van der Waals surface area contributed by atoms with E-state index < -0.39 is 0 Å². The Kier molecular flexibility index (Phi) is 4.18. The third-order valence-corrected chi connectivity index (χ3v) is 4.07. The largest absolute Gasteiger partial charge is 0.325 e. The lowest BCUT2D eigenvalue weighted by Crippen LogP contribution is -2.34. The van der Waals surface area contributed by atoms with E-state index in [9.17, 15) is 4.79 Å². The fraction of sp³-hybridized carbons (Fsp3) is 0.385. The van der Waals surface area contributed by atoms with Crippen LogP contribution in [0.15, 0.2) is 29.2 Å². The highest BCUT2D eigenvalue weighted by atomic mass is 35.5. The maximum atomic E-state index is 11.9. The molecule has 2 aromatic rings. The van der Waals surface area contributed by atoms with E-state index in [2.05, 4.69) is 4.98 Å². The van der Waals surface area contributed by atoms with Gasteiger partial charge in [0.15, 0.2) is 0 Å². The number of hydrogen-bond acceptors (Lipinski definition) is 4. The molecule has 6 heteroatoms. The maximum absolute atomic E-state index is 11.9. The molecule has 2 heterocycles. The molecule has 2 rings (SSSR count). The van der Waals surface area contributed by atoms with Gasteiger partial charge in [-0.2, -0.15) is 11.8 Å². The molecule has 0 aromatic carbocycles. The highest BCUT2D eigenvalue weighted by Gasteiger charge is 2.11. The van der Waals surface area contributed by atoms with Gasteiger partial charge in [0.2, 0.25) is 0 Å². The standard InChI is InChI=1S/C13H16ClN3OS/c1-13(2,15)8-19-7-10-5-12(18)17-6-9(14)3-4-11(17)16-10/h3-6H,7-8,15H2,1-2H3. The Morgan fingerprint density at radius 1 is 1.47 bits per heavy atom. The van der Waals surface area contributed by atoms with E-state index in [0.29, 0.717) is 16.4 Å². The summed E-state index contributed by atoms with van der Waals surface area (Å²) in [5.41, 5.74) is 6.96. The minimum absolute atomic E-state index is 0.116. The number of fused-ring (bicyclic) bond motifs is 1. The van der Waals surface area contributed by atoms with Gasteiger partial charge in [0.1, 0.15) is 5.65 Å². The highest BCUT2D eigenvalue weighted by molar-refractivity contribution is 7.98. The van der Waals surface area contributed by atoms with Gasteiger partial charge in [-0.3, -0.25) is 9.20 Å². The zero-order valence-electron chi connectivity index (χ0n) is 10.9. The second-order valence-electron chi connectivity index (χ2n) is 5.14. The van der Waals surface area contributed by atoms with Crippen molar-refractivity contribution < 1.29 is 0 Å². The van der Waals surface area contributed by atoms with Crippen LogP contribution in [0.4, 0.5) is 0 Å². The normalized spacial score (nSPS) is 12.0. The molecule has 19 heavy (non-hydrogen) atoms. The molecular weight excluding hydrogens is 282 g/mol. The molecule has 0 fully saturated rings. The van der Waals surface area contributed by atoms with Gasteiger partial charge in [-0.05, 0) is 26.0 Å². The van der Waals surface area contributed by atoms with E-state index in [1.54, 1.807) is 36.2 Å². The van der Waals surface area contributed by atoms with Crippen molar-refractivity contribution in [1.29, 1.82) is 0 Å². The summed E-state index contributed by atoms with van der Waals surface area (Å²) < 4.78 is 1.45. The molecule has 0 aliphatic rings. The molecule has 0 spiro atoms. The molecule has 102 valence electrons. The van der Waals surface area contributed by atoms with Crippen LogP contribution >= 0.6 is 23.4 Å². The van der Waals surface area contributed by atoms with E-state index in [0.717, 1.165) is 11.4 Å². The van der Waals surface area contributed by atoms with Crippen molar-refractivity contribution >= 4 is 29.0 Å². The molecule has 2 aromatic heterocycles. The van der Waals surface area contributed by atoms with Crippen LogP contribution in [0.1, 0.15) is 19.5 Å².